The molecule has 0 aliphatic carbocycles. The van der Waals surface area contributed by atoms with E-state index in [1.54, 1.807) is 24.3 Å². The van der Waals surface area contributed by atoms with E-state index in [0.717, 1.165) is 22.0 Å². The number of urea groups is 1. The summed E-state index contributed by atoms with van der Waals surface area (Å²) in [4.78, 5) is 46.3. The fraction of sp³-hybridized carbons (Fsp3) is 0.200. The van der Waals surface area contributed by atoms with Crippen molar-refractivity contribution in [3.8, 4) is 0 Å². The fourth-order valence-electron chi connectivity index (χ4n) is 2.43. The van der Waals surface area contributed by atoms with Crippen molar-refractivity contribution in [3.05, 3.63) is 52.3 Å². The molecule has 1 saturated heterocycles. The van der Waals surface area contributed by atoms with Crippen molar-refractivity contribution in [1.82, 2.24) is 20.0 Å². The standard InChI is InChI=1S/C15H14N6O5/c22-13(9-19-8-12(5-17-19)21(25)26)18-11-3-1-2-10(4-11)7-20-14(23)6-16-15(20)24/h1-5,8H,6-7,9H2,(H,16,24)(H,18,22). The minimum Gasteiger partial charge on any atom is -0.329 e. The van der Waals surface area contributed by atoms with Crippen LogP contribution in [0.2, 0.25) is 0 Å². The van der Waals surface area contributed by atoms with Gasteiger partial charge in [-0.25, -0.2) is 4.79 Å². The van der Waals surface area contributed by atoms with Crippen molar-refractivity contribution < 1.29 is 19.3 Å². The zero-order valence-corrected chi connectivity index (χ0v) is 13.4. The Morgan fingerprint density at radius 3 is 2.85 bits per heavy atom. The van der Waals surface area contributed by atoms with Crippen molar-refractivity contribution in [3.63, 3.8) is 0 Å². The number of rotatable bonds is 6. The number of nitrogens with zero attached hydrogens (tertiary/aromatic N) is 4. The molecule has 1 aromatic carbocycles. The Morgan fingerprint density at radius 1 is 1.38 bits per heavy atom. The molecule has 0 saturated carbocycles. The van der Waals surface area contributed by atoms with Crippen molar-refractivity contribution in [2.45, 2.75) is 13.1 Å². The van der Waals surface area contributed by atoms with Crippen molar-refractivity contribution in [2.75, 3.05) is 11.9 Å². The molecule has 11 heteroatoms. The zero-order chi connectivity index (χ0) is 18.7. The molecule has 134 valence electrons. The lowest BCUT2D eigenvalue weighted by Crippen LogP contribution is -2.30. The van der Waals surface area contributed by atoms with E-state index in [1.807, 2.05) is 0 Å². The number of nitro groups is 1. The number of aromatic nitrogens is 2. The van der Waals surface area contributed by atoms with E-state index in [4.69, 9.17) is 0 Å². The highest BCUT2D eigenvalue weighted by atomic mass is 16.6. The first-order chi connectivity index (χ1) is 12.4. The molecule has 4 amide bonds. The van der Waals surface area contributed by atoms with Crippen molar-refractivity contribution in [2.24, 2.45) is 0 Å². The number of hydrogen-bond donors (Lipinski definition) is 2. The summed E-state index contributed by atoms with van der Waals surface area (Å²) in [6.45, 7) is -0.115. The summed E-state index contributed by atoms with van der Waals surface area (Å²) >= 11 is 0. The second-order valence-corrected chi connectivity index (χ2v) is 5.54. The number of carbonyl (C=O) groups excluding carboxylic acids is 3. The minimum atomic E-state index is -0.597. The second kappa shape index (κ2) is 7.01. The predicted molar refractivity (Wildman–Crippen MR) is 87.9 cm³/mol. The van der Waals surface area contributed by atoms with Gasteiger partial charge in [-0.2, -0.15) is 5.10 Å². The van der Waals surface area contributed by atoms with Crippen LogP contribution in [0.15, 0.2) is 36.7 Å². The lowest BCUT2D eigenvalue weighted by Gasteiger charge is -2.13. The molecule has 0 radical (unpaired) electrons. The van der Waals surface area contributed by atoms with Crippen LogP contribution in [0.1, 0.15) is 5.56 Å². The van der Waals surface area contributed by atoms with E-state index in [0.29, 0.717) is 11.3 Å². The van der Waals surface area contributed by atoms with Crippen LogP contribution in [0.5, 0.6) is 0 Å². The molecule has 3 rings (SSSR count). The molecule has 0 atom stereocenters. The lowest BCUT2D eigenvalue weighted by molar-refractivity contribution is -0.385. The highest BCUT2D eigenvalue weighted by Gasteiger charge is 2.28. The number of carbonyl (C=O) groups is 3. The third-order valence-electron chi connectivity index (χ3n) is 3.62. The average Bonchev–Trinajstić information content (AvgIpc) is 3.17. The SMILES string of the molecule is O=C(Cn1cc([N+](=O)[O-])cn1)Nc1cccc(CN2C(=O)CNC2=O)c1. The van der Waals surface area contributed by atoms with Gasteiger partial charge in [-0.05, 0) is 17.7 Å². The summed E-state index contributed by atoms with van der Waals surface area (Å²) in [5.74, 6) is -0.736. The van der Waals surface area contributed by atoms with Crippen LogP contribution in [-0.4, -0.2) is 44.0 Å². The van der Waals surface area contributed by atoms with E-state index in [1.165, 1.54) is 0 Å². The number of amides is 4. The highest BCUT2D eigenvalue weighted by Crippen LogP contribution is 2.15. The molecular formula is C15H14N6O5. The van der Waals surface area contributed by atoms with E-state index in [2.05, 4.69) is 15.7 Å². The van der Waals surface area contributed by atoms with Gasteiger partial charge in [0.25, 0.3) is 0 Å². The van der Waals surface area contributed by atoms with Gasteiger partial charge in [0.1, 0.15) is 18.9 Å². The summed E-state index contributed by atoms with van der Waals surface area (Å²) in [5.41, 5.74) is 0.942. The van der Waals surface area contributed by atoms with Gasteiger partial charge in [-0.1, -0.05) is 12.1 Å². The maximum atomic E-state index is 12.1. The molecule has 0 unspecified atom stereocenters. The Labute approximate surface area is 146 Å². The summed E-state index contributed by atoms with van der Waals surface area (Å²) in [6.07, 6.45) is 2.22. The van der Waals surface area contributed by atoms with Crippen LogP contribution in [0.25, 0.3) is 0 Å². The van der Waals surface area contributed by atoms with Gasteiger partial charge in [0.05, 0.1) is 18.0 Å². The molecule has 0 bridgehead atoms. The third-order valence-corrected chi connectivity index (χ3v) is 3.62. The van der Waals surface area contributed by atoms with Gasteiger partial charge in [0, 0.05) is 5.69 Å². The number of imide groups is 1. The molecule has 1 aliphatic heterocycles. The van der Waals surface area contributed by atoms with Crippen LogP contribution in [0, 0.1) is 10.1 Å². The Balaban J connectivity index is 1.62. The average molecular weight is 358 g/mol. The number of hydrogen-bond acceptors (Lipinski definition) is 6. The van der Waals surface area contributed by atoms with Crippen LogP contribution in [0.3, 0.4) is 0 Å². The lowest BCUT2D eigenvalue weighted by atomic mass is 10.2. The molecule has 2 N–H and O–H groups in total. The number of anilines is 1. The number of benzene rings is 1. The molecule has 2 heterocycles. The molecule has 11 nitrogen and oxygen atoms in total. The van der Waals surface area contributed by atoms with Crippen LogP contribution in [0.4, 0.5) is 16.2 Å². The maximum Gasteiger partial charge on any atom is 0.324 e. The number of nitrogens with one attached hydrogen (secondary N) is 2. The van der Waals surface area contributed by atoms with Crippen LogP contribution in [-0.2, 0) is 22.7 Å². The van der Waals surface area contributed by atoms with E-state index in [9.17, 15) is 24.5 Å². The summed E-state index contributed by atoms with van der Waals surface area (Å²) in [6, 6.07) is 6.25. The van der Waals surface area contributed by atoms with Gasteiger partial charge in [-0.3, -0.25) is 29.3 Å². The van der Waals surface area contributed by atoms with E-state index >= 15 is 0 Å². The Morgan fingerprint density at radius 2 is 2.19 bits per heavy atom. The molecule has 1 fully saturated rings. The third kappa shape index (κ3) is 3.83. The molecule has 2 aromatic rings. The topological polar surface area (TPSA) is 139 Å². The normalized spacial score (nSPS) is 13.6. The van der Waals surface area contributed by atoms with Crippen molar-refractivity contribution in [1.29, 1.82) is 0 Å². The monoisotopic (exact) mass is 358 g/mol. The van der Waals surface area contributed by atoms with Gasteiger partial charge in [0.2, 0.25) is 11.8 Å². The predicted octanol–water partition coefficient (Wildman–Crippen LogP) is 0.482. The van der Waals surface area contributed by atoms with E-state index < -0.39 is 16.9 Å². The molecule has 0 spiro atoms. The molecule has 26 heavy (non-hydrogen) atoms. The first-order valence-electron chi connectivity index (χ1n) is 7.56. The molecule has 1 aliphatic rings. The Bertz CT molecular complexity index is 876. The molecule has 1 aromatic heterocycles. The first kappa shape index (κ1) is 17.1. The van der Waals surface area contributed by atoms with Gasteiger partial charge < -0.3 is 10.6 Å². The summed E-state index contributed by atoms with van der Waals surface area (Å²) < 4.78 is 1.16. The van der Waals surface area contributed by atoms with Gasteiger partial charge >= 0.3 is 11.7 Å². The zero-order valence-electron chi connectivity index (χ0n) is 13.4. The van der Waals surface area contributed by atoms with Gasteiger partial charge in [0.15, 0.2) is 0 Å². The van der Waals surface area contributed by atoms with Gasteiger partial charge in [-0.15, -0.1) is 0 Å². The quantitative estimate of drug-likeness (QED) is 0.437. The fourth-order valence-corrected chi connectivity index (χ4v) is 2.43. The van der Waals surface area contributed by atoms with Crippen molar-refractivity contribution >= 4 is 29.2 Å². The Hall–Kier alpha value is -3.76. The minimum absolute atomic E-state index is 0.0226. The van der Waals surface area contributed by atoms with Crippen LogP contribution >= 0.6 is 0 Å². The summed E-state index contributed by atoms with van der Waals surface area (Å²) in [5, 5.41) is 19.4. The highest BCUT2D eigenvalue weighted by molar-refractivity contribution is 6.01. The smallest absolute Gasteiger partial charge is 0.324 e. The second-order valence-electron chi connectivity index (χ2n) is 5.54. The first-order valence-corrected chi connectivity index (χ1v) is 7.56. The summed E-state index contributed by atoms with van der Waals surface area (Å²) in [7, 11) is 0. The van der Waals surface area contributed by atoms with Crippen LogP contribution < -0.4 is 10.6 Å². The maximum absolute atomic E-state index is 12.1. The largest absolute Gasteiger partial charge is 0.329 e. The van der Waals surface area contributed by atoms with E-state index in [-0.39, 0.29) is 31.2 Å². The Kier molecular flexibility index (Phi) is 4.60. The molecular weight excluding hydrogens is 344 g/mol.